The van der Waals surface area contributed by atoms with Gasteiger partial charge in [-0.15, -0.1) is 11.3 Å². The summed E-state index contributed by atoms with van der Waals surface area (Å²) in [4.78, 5) is 25.4. The lowest BCUT2D eigenvalue weighted by molar-refractivity contribution is -0.114. The Labute approximate surface area is 150 Å². The Morgan fingerprint density at radius 3 is 2.56 bits per heavy atom. The number of amides is 2. The molecule has 2 aromatic rings. The zero-order chi connectivity index (χ0) is 17.4. The fourth-order valence-corrected chi connectivity index (χ4v) is 4.70. The summed E-state index contributed by atoms with van der Waals surface area (Å²) < 4.78 is 0. The molecular formula is C19H21N3O2S. The highest BCUT2D eigenvalue weighted by atomic mass is 32.1. The van der Waals surface area contributed by atoms with E-state index in [1.165, 1.54) is 24.7 Å². The van der Waals surface area contributed by atoms with Gasteiger partial charge in [0, 0.05) is 29.6 Å². The van der Waals surface area contributed by atoms with Crippen LogP contribution in [0.1, 0.15) is 29.4 Å². The van der Waals surface area contributed by atoms with Crippen molar-refractivity contribution in [3.63, 3.8) is 0 Å². The number of carbonyl (C=O) groups excluding carboxylic acids is 2. The van der Waals surface area contributed by atoms with Crippen molar-refractivity contribution >= 4 is 28.8 Å². The van der Waals surface area contributed by atoms with Crippen molar-refractivity contribution < 1.29 is 9.59 Å². The van der Waals surface area contributed by atoms with E-state index in [-0.39, 0.29) is 17.9 Å². The van der Waals surface area contributed by atoms with Gasteiger partial charge < -0.3 is 16.0 Å². The first-order valence-corrected chi connectivity index (χ1v) is 9.42. The number of fused-ring (bicyclic) bond motifs is 2. The average molecular weight is 355 g/mol. The number of carbonyl (C=O) groups is 2. The summed E-state index contributed by atoms with van der Waals surface area (Å²) in [6, 6.07) is 12.2. The van der Waals surface area contributed by atoms with Gasteiger partial charge in [0.15, 0.2) is 0 Å². The van der Waals surface area contributed by atoms with Gasteiger partial charge in [-0.1, -0.05) is 12.1 Å². The first kappa shape index (κ1) is 16.3. The van der Waals surface area contributed by atoms with Crippen LogP contribution in [0.2, 0.25) is 0 Å². The highest BCUT2D eigenvalue weighted by Crippen LogP contribution is 2.32. The van der Waals surface area contributed by atoms with Crippen LogP contribution in [0, 0.1) is 5.92 Å². The van der Waals surface area contributed by atoms with E-state index in [1.54, 1.807) is 0 Å². The first-order valence-electron chi connectivity index (χ1n) is 8.60. The van der Waals surface area contributed by atoms with E-state index in [9.17, 15) is 9.59 Å². The van der Waals surface area contributed by atoms with E-state index in [1.807, 2.05) is 36.4 Å². The van der Waals surface area contributed by atoms with E-state index < -0.39 is 0 Å². The Balaban J connectivity index is 1.42. The van der Waals surface area contributed by atoms with Crippen molar-refractivity contribution in [2.75, 3.05) is 11.9 Å². The molecule has 3 atom stereocenters. The minimum Gasteiger partial charge on any atom is -0.347 e. The van der Waals surface area contributed by atoms with Gasteiger partial charge in [0.05, 0.1) is 4.88 Å². The molecule has 1 saturated heterocycles. The van der Waals surface area contributed by atoms with Crippen molar-refractivity contribution in [1.82, 2.24) is 10.6 Å². The number of rotatable bonds is 4. The lowest BCUT2D eigenvalue weighted by Crippen LogP contribution is -2.47. The van der Waals surface area contributed by atoms with Gasteiger partial charge in [0.2, 0.25) is 5.91 Å². The molecule has 2 aliphatic rings. The molecule has 25 heavy (non-hydrogen) atoms. The van der Waals surface area contributed by atoms with Crippen LogP contribution in [0.5, 0.6) is 0 Å². The maximum atomic E-state index is 12.5. The van der Waals surface area contributed by atoms with Crippen LogP contribution in [0.15, 0.2) is 36.4 Å². The molecular weight excluding hydrogens is 334 g/mol. The van der Waals surface area contributed by atoms with Gasteiger partial charge in [-0.3, -0.25) is 9.59 Å². The molecule has 1 aromatic carbocycles. The molecule has 2 bridgehead atoms. The minimum absolute atomic E-state index is 0.0190. The molecule has 3 unspecified atom stereocenters. The number of hydrogen-bond acceptors (Lipinski definition) is 4. The van der Waals surface area contributed by atoms with Gasteiger partial charge >= 0.3 is 0 Å². The van der Waals surface area contributed by atoms with E-state index >= 15 is 0 Å². The minimum atomic E-state index is -0.0852. The van der Waals surface area contributed by atoms with Crippen molar-refractivity contribution in [3.05, 3.63) is 41.3 Å². The standard InChI is InChI=1S/C19H21N3O2S/c1-11(23)21-14-4-2-13(3-5-14)17-6-7-18(25-17)19(24)22-16-9-12-8-15(16)20-10-12/h2-7,12,15-16,20H,8-10H2,1H3,(H,21,23)(H,22,24). The van der Waals surface area contributed by atoms with Gasteiger partial charge in [-0.25, -0.2) is 0 Å². The van der Waals surface area contributed by atoms with Gasteiger partial charge in [0.25, 0.3) is 5.91 Å². The molecule has 2 fully saturated rings. The summed E-state index contributed by atoms with van der Waals surface area (Å²) in [6.45, 7) is 2.58. The third kappa shape index (κ3) is 3.45. The summed E-state index contributed by atoms with van der Waals surface area (Å²) >= 11 is 1.50. The zero-order valence-electron chi connectivity index (χ0n) is 14.0. The third-order valence-corrected chi connectivity index (χ3v) is 6.10. The highest BCUT2D eigenvalue weighted by Gasteiger charge is 2.40. The Morgan fingerprint density at radius 2 is 1.92 bits per heavy atom. The van der Waals surface area contributed by atoms with Crippen molar-refractivity contribution in [2.24, 2.45) is 5.92 Å². The number of anilines is 1. The maximum Gasteiger partial charge on any atom is 0.261 e. The van der Waals surface area contributed by atoms with E-state index in [0.29, 0.717) is 6.04 Å². The largest absolute Gasteiger partial charge is 0.347 e. The van der Waals surface area contributed by atoms with Crippen LogP contribution < -0.4 is 16.0 Å². The second-order valence-electron chi connectivity index (χ2n) is 6.85. The van der Waals surface area contributed by atoms with Crippen LogP contribution >= 0.6 is 11.3 Å². The summed E-state index contributed by atoms with van der Waals surface area (Å²) in [7, 11) is 0. The van der Waals surface area contributed by atoms with Gasteiger partial charge in [-0.05, 0) is 55.1 Å². The molecule has 130 valence electrons. The lowest BCUT2D eigenvalue weighted by atomic mass is 10.1. The predicted octanol–water partition coefficient (Wildman–Crippen LogP) is 2.85. The molecule has 1 saturated carbocycles. The molecule has 0 spiro atoms. The maximum absolute atomic E-state index is 12.5. The second kappa shape index (κ2) is 6.61. The monoisotopic (exact) mass is 355 g/mol. The molecule has 2 heterocycles. The summed E-state index contributed by atoms with van der Waals surface area (Å²) in [5, 5.41) is 9.41. The molecule has 1 aliphatic heterocycles. The molecule has 3 N–H and O–H groups in total. The fourth-order valence-electron chi connectivity index (χ4n) is 3.79. The average Bonchev–Trinajstić information content (AvgIpc) is 3.31. The van der Waals surface area contributed by atoms with Gasteiger partial charge in [0.1, 0.15) is 0 Å². The van der Waals surface area contributed by atoms with Crippen LogP contribution in [-0.2, 0) is 4.79 Å². The quantitative estimate of drug-likeness (QED) is 0.790. The van der Waals surface area contributed by atoms with E-state index in [0.717, 1.165) is 39.9 Å². The van der Waals surface area contributed by atoms with E-state index in [2.05, 4.69) is 16.0 Å². The third-order valence-electron chi connectivity index (χ3n) is 4.97. The topological polar surface area (TPSA) is 70.2 Å². The van der Waals surface area contributed by atoms with Crippen LogP contribution in [0.3, 0.4) is 0 Å². The lowest BCUT2D eigenvalue weighted by Gasteiger charge is -2.23. The number of thiophene rings is 1. The second-order valence-corrected chi connectivity index (χ2v) is 7.94. The van der Waals surface area contributed by atoms with E-state index in [4.69, 9.17) is 0 Å². The molecule has 6 heteroatoms. The Hall–Kier alpha value is -2.18. The summed E-state index contributed by atoms with van der Waals surface area (Å²) in [5.41, 5.74) is 1.81. The summed E-state index contributed by atoms with van der Waals surface area (Å²) in [6.07, 6.45) is 2.27. The predicted molar refractivity (Wildman–Crippen MR) is 99.8 cm³/mol. The first-order chi connectivity index (χ1) is 12.1. The van der Waals surface area contributed by atoms with Crippen molar-refractivity contribution in [3.8, 4) is 10.4 Å². The summed E-state index contributed by atoms with van der Waals surface area (Å²) in [5.74, 6) is 0.653. The highest BCUT2D eigenvalue weighted by molar-refractivity contribution is 7.17. The number of piperidine rings is 1. The Bertz CT molecular complexity index is 799. The Morgan fingerprint density at radius 1 is 1.12 bits per heavy atom. The molecule has 1 aromatic heterocycles. The number of hydrogen-bond donors (Lipinski definition) is 3. The SMILES string of the molecule is CC(=O)Nc1ccc(-c2ccc(C(=O)NC3CC4CNC3C4)s2)cc1. The van der Waals surface area contributed by atoms with Crippen molar-refractivity contribution in [2.45, 2.75) is 31.8 Å². The van der Waals surface area contributed by atoms with Crippen molar-refractivity contribution in [1.29, 1.82) is 0 Å². The van der Waals surface area contributed by atoms with Crippen LogP contribution in [0.25, 0.3) is 10.4 Å². The zero-order valence-corrected chi connectivity index (χ0v) is 14.9. The normalized spacial score (nSPS) is 24.3. The molecule has 4 rings (SSSR count). The van der Waals surface area contributed by atoms with Crippen LogP contribution in [0.4, 0.5) is 5.69 Å². The van der Waals surface area contributed by atoms with Crippen LogP contribution in [-0.4, -0.2) is 30.4 Å². The molecule has 1 aliphatic carbocycles. The fraction of sp³-hybridized carbons (Fsp3) is 0.368. The number of nitrogens with one attached hydrogen (secondary N) is 3. The molecule has 2 amide bonds. The van der Waals surface area contributed by atoms with Gasteiger partial charge in [-0.2, -0.15) is 0 Å². The molecule has 5 nitrogen and oxygen atoms in total. The Kier molecular flexibility index (Phi) is 4.31. The molecule has 0 radical (unpaired) electrons. The number of benzene rings is 1. The smallest absolute Gasteiger partial charge is 0.261 e.